The summed E-state index contributed by atoms with van der Waals surface area (Å²) in [6.07, 6.45) is 7.04. The number of para-hydroxylation sites is 1. The van der Waals surface area contributed by atoms with Crippen molar-refractivity contribution < 1.29 is 0 Å². The molecule has 3 heterocycles. The van der Waals surface area contributed by atoms with E-state index in [0.29, 0.717) is 0 Å². The summed E-state index contributed by atoms with van der Waals surface area (Å²) in [6, 6.07) is 54.1. The maximum atomic E-state index is 2.78. The van der Waals surface area contributed by atoms with Crippen molar-refractivity contribution in [3.63, 3.8) is 0 Å². The van der Waals surface area contributed by atoms with Crippen LogP contribution in [0.25, 0.3) is 10.1 Å². The molecule has 8 aromatic rings. The lowest BCUT2D eigenvalue weighted by Crippen LogP contribution is -2.60. The van der Waals surface area contributed by atoms with Gasteiger partial charge >= 0.3 is 0 Å². The monoisotopic (exact) mass is 1100 g/mol. The molecule has 3 aliphatic carbocycles. The zero-order valence-electron chi connectivity index (χ0n) is 52.3. The maximum absolute atomic E-state index is 2.78. The van der Waals surface area contributed by atoms with Gasteiger partial charge in [0.05, 0.1) is 19.4 Å². The first-order valence-corrected chi connectivity index (χ1v) is 35.0. The molecule has 2 aliphatic heterocycles. The van der Waals surface area contributed by atoms with E-state index in [1.165, 1.54) is 135 Å². The Morgan fingerprint density at radius 1 is 0.457 bits per heavy atom. The molecule has 0 fully saturated rings. The minimum Gasteiger partial charge on any atom is -0.311 e. The van der Waals surface area contributed by atoms with Crippen LogP contribution in [0.2, 0.25) is 19.6 Å². The van der Waals surface area contributed by atoms with Gasteiger partial charge in [0.15, 0.2) is 0 Å². The van der Waals surface area contributed by atoms with Gasteiger partial charge in [-0.05, 0) is 205 Å². The highest BCUT2D eigenvalue weighted by Gasteiger charge is 2.49. The highest BCUT2D eigenvalue weighted by atomic mass is 32.1. The molecular formula is C75H88BN3SSi. The smallest absolute Gasteiger partial charge is 0.264 e. The fourth-order valence-electron chi connectivity index (χ4n) is 15.2. The lowest BCUT2D eigenvalue weighted by molar-refractivity contribution is 0.332. The molecule has 81 heavy (non-hydrogen) atoms. The fourth-order valence-corrected chi connectivity index (χ4v) is 17.7. The molecule has 0 spiro atoms. The van der Waals surface area contributed by atoms with Gasteiger partial charge in [-0.25, -0.2) is 0 Å². The summed E-state index contributed by atoms with van der Waals surface area (Å²) < 4.78 is 2.84. The predicted octanol–water partition coefficient (Wildman–Crippen LogP) is 19.3. The second kappa shape index (κ2) is 17.9. The molecule has 7 aromatic carbocycles. The summed E-state index contributed by atoms with van der Waals surface area (Å²) in [5.41, 5.74) is 24.6. The number of thiophene rings is 1. The number of benzene rings is 7. The molecule has 0 unspecified atom stereocenters. The molecule has 0 radical (unpaired) electrons. The molecule has 0 atom stereocenters. The Morgan fingerprint density at radius 2 is 0.926 bits per heavy atom. The van der Waals surface area contributed by atoms with Crippen molar-refractivity contribution in [2.45, 2.75) is 200 Å². The Hall–Kier alpha value is -5.82. The average molecular weight is 1100 g/mol. The molecular weight excluding hydrogens is 1010 g/mol. The largest absolute Gasteiger partial charge is 0.311 e. The molecule has 0 amide bonds. The van der Waals surface area contributed by atoms with Crippen LogP contribution in [0.1, 0.15) is 181 Å². The molecule has 1 aromatic heterocycles. The van der Waals surface area contributed by atoms with Gasteiger partial charge in [0, 0.05) is 54.7 Å². The van der Waals surface area contributed by atoms with Crippen molar-refractivity contribution in [1.82, 2.24) is 0 Å². The summed E-state index contributed by atoms with van der Waals surface area (Å²) >= 11 is 2.07. The van der Waals surface area contributed by atoms with Gasteiger partial charge in [-0.15, -0.1) is 11.3 Å². The van der Waals surface area contributed by atoms with Gasteiger partial charge in [-0.2, -0.15) is 0 Å². The third-order valence-corrected chi connectivity index (χ3v) is 24.2. The molecule has 6 heteroatoms. The number of hydrogen-bond donors (Lipinski definition) is 0. The topological polar surface area (TPSA) is 9.72 Å². The maximum Gasteiger partial charge on any atom is 0.264 e. The average Bonchev–Trinajstić information content (AvgIpc) is 2.04. The van der Waals surface area contributed by atoms with E-state index in [4.69, 9.17) is 0 Å². The first kappa shape index (κ1) is 54.4. The minimum atomic E-state index is -1.59. The van der Waals surface area contributed by atoms with Crippen molar-refractivity contribution in [2.75, 3.05) is 14.7 Å². The molecule has 416 valence electrons. The van der Waals surface area contributed by atoms with E-state index >= 15 is 0 Å². The van der Waals surface area contributed by atoms with E-state index in [9.17, 15) is 0 Å². The molecule has 13 rings (SSSR count). The van der Waals surface area contributed by atoms with Crippen LogP contribution in [0, 0.1) is 0 Å². The highest BCUT2D eigenvalue weighted by Crippen LogP contribution is 2.56. The van der Waals surface area contributed by atoms with E-state index < -0.39 is 8.07 Å². The normalized spacial score (nSPS) is 19.5. The fraction of sp³-hybridized carbons (Fsp3) is 0.413. The Bertz CT molecular complexity index is 3880. The third-order valence-electron chi connectivity index (χ3n) is 20.9. The van der Waals surface area contributed by atoms with Crippen LogP contribution >= 0.6 is 11.3 Å². The molecule has 3 nitrogen and oxygen atoms in total. The molecule has 0 saturated carbocycles. The summed E-state index contributed by atoms with van der Waals surface area (Å²) in [7, 11) is -1.59. The Morgan fingerprint density at radius 3 is 1.44 bits per heavy atom. The molecule has 5 aliphatic rings. The second-order valence-electron chi connectivity index (χ2n) is 31.5. The molecule has 0 N–H and O–H groups in total. The van der Waals surface area contributed by atoms with Crippen LogP contribution in [0.15, 0.2) is 133 Å². The zero-order chi connectivity index (χ0) is 57.5. The van der Waals surface area contributed by atoms with Crippen molar-refractivity contribution >= 4 is 108 Å². The number of fused-ring (bicyclic) bond motifs is 9. The SMILES string of the molecule is CC(C)(C)c1ccc2c(c1)B1c3sc4cc5c(cc4c3N(c3ccc4c(c3)C(C)(C)CCC4(C)C)c3cc(N(c4ccccc4)c4ccc([Si](C)(C)C)cc4)cc(c31)N2c1ccc2c(c1)C(C)(C)CCC2(C)C)C(C)(C)CCC5(C)C. The van der Waals surface area contributed by atoms with Crippen molar-refractivity contribution in [2.24, 2.45) is 0 Å². The van der Waals surface area contributed by atoms with Gasteiger partial charge in [0.25, 0.3) is 6.71 Å². The zero-order valence-corrected chi connectivity index (χ0v) is 54.1. The van der Waals surface area contributed by atoms with Gasteiger partial charge < -0.3 is 14.7 Å². The van der Waals surface area contributed by atoms with Crippen LogP contribution in [-0.2, 0) is 37.9 Å². The summed E-state index contributed by atoms with van der Waals surface area (Å²) in [6.45, 7) is 44.3. The summed E-state index contributed by atoms with van der Waals surface area (Å²) in [4.78, 5) is 8.04. The number of nitrogens with zero attached hydrogens (tertiary/aromatic N) is 3. The minimum absolute atomic E-state index is 0.0125. The van der Waals surface area contributed by atoms with Gasteiger partial charge in [0.2, 0.25) is 0 Å². The van der Waals surface area contributed by atoms with Crippen LogP contribution in [0.3, 0.4) is 0 Å². The van der Waals surface area contributed by atoms with Crippen molar-refractivity contribution in [3.8, 4) is 0 Å². The van der Waals surface area contributed by atoms with E-state index in [0.717, 1.165) is 24.2 Å². The lowest BCUT2D eigenvalue weighted by atomic mass is 9.36. The van der Waals surface area contributed by atoms with Gasteiger partial charge in [0.1, 0.15) is 0 Å². The van der Waals surface area contributed by atoms with E-state index in [-0.39, 0.29) is 44.6 Å². The van der Waals surface area contributed by atoms with E-state index in [2.05, 4.69) is 283 Å². The predicted molar refractivity (Wildman–Crippen MR) is 358 cm³/mol. The molecule has 0 saturated heterocycles. The Labute approximate surface area is 492 Å². The Balaban J connectivity index is 1.20. The second-order valence-corrected chi connectivity index (χ2v) is 37.6. The third kappa shape index (κ3) is 8.58. The van der Waals surface area contributed by atoms with E-state index in [1.54, 1.807) is 0 Å². The lowest BCUT2D eigenvalue weighted by Gasteiger charge is -2.46. The van der Waals surface area contributed by atoms with Gasteiger partial charge in [-0.1, -0.05) is 183 Å². The highest BCUT2D eigenvalue weighted by molar-refractivity contribution is 7.33. The quantitative estimate of drug-likeness (QED) is 0.154. The summed E-state index contributed by atoms with van der Waals surface area (Å²) in [5.74, 6) is 0. The summed E-state index contributed by atoms with van der Waals surface area (Å²) in [5, 5.41) is 2.85. The van der Waals surface area contributed by atoms with Crippen LogP contribution in [0.5, 0.6) is 0 Å². The number of anilines is 9. The first-order valence-electron chi connectivity index (χ1n) is 30.7. The van der Waals surface area contributed by atoms with Gasteiger partial charge in [-0.3, -0.25) is 0 Å². The van der Waals surface area contributed by atoms with E-state index in [1.807, 2.05) is 0 Å². The van der Waals surface area contributed by atoms with Crippen LogP contribution < -0.4 is 35.6 Å². The first-order chi connectivity index (χ1) is 37.9. The number of rotatable bonds is 6. The number of hydrogen-bond acceptors (Lipinski definition) is 4. The standard InChI is InChI=1S/C75H88BN3SSi/c1-69(2,3)47-24-33-62-61(40-47)76-66-63(78(62)50-27-31-55-57(41-50)72(8,9)36-34-70(55,4)5)43-52(77(48-22-20-19-21-23-48)49-25-29-53(30-26-49)81(16,17)18)44-64(66)79(51-28-32-56-58(42-51)73(10,11)37-35-71(56,6)7)67-54-45-59-60(46-65(54)80-68(67)76)75(14,15)39-38-74(59,12)13/h19-33,40-46H,34-39H2,1-18H3. The van der Waals surface area contributed by atoms with Crippen LogP contribution in [-0.4, -0.2) is 14.8 Å². The van der Waals surface area contributed by atoms with Crippen LogP contribution in [0.4, 0.5) is 51.2 Å². The Kier molecular flexibility index (Phi) is 12.0. The molecule has 0 bridgehead atoms. The van der Waals surface area contributed by atoms with Crippen molar-refractivity contribution in [3.05, 3.63) is 172 Å². The van der Waals surface area contributed by atoms with Crippen molar-refractivity contribution in [1.29, 1.82) is 0 Å².